The Kier molecular flexibility index (Phi) is 7.58. The van der Waals surface area contributed by atoms with Crippen LogP contribution in [0.25, 0.3) is 0 Å². The first-order valence-corrected chi connectivity index (χ1v) is 11.5. The highest BCUT2D eigenvalue weighted by Crippen LogP contribution is 2.31. The Labute approximate surface area is 199 Å². The number of carbonyl (C=O) groups excluding carboxylic acids is 2. The summed E-state index contributed by atoms with van der Waals surface area (Å²) < 4.78 is 18.5. The van der Waals surface area contributed by atoms with Crippen molar-refractivity contribution in [1.82, 2.24) is 10.2 Å². The summed E-state index contributed by atoms with van der Waals surface area (Å²) in [7, 11) is 1.63. The molecule has 2 amide bonds. The van der Waals surface area contributed by atoms with E-state index in [1.54, 1.807) is 12.0 Å². The average Bonchev–Trinajstić information content (AvgIpc) is 2.89. The van der Waals surface area contributed by atoms with Crippen LogP contribution in [0.1, 0.15) is 33.8 Å². The van der Waals surface area contributed by atoms with Crippen LogP contribution in [0.15, 0.2) is 78.9 Å². The van der Waals surface area contributed by atoms with Crippen LogP contribution >= 0.6 is 0 Å². The number of nitrogens with one attached hydrogen (secondary N) is 1. The van der Waals surface area contributed by atoms with Gasteiger partial charge in [-0.2, -0.15) is 0 Å². The Morgan fingerprint density at radius 3 is 2.35 bits per heavy atom. The third kappa shape index (κ3) is 5.81. The summed E-state index contributed by atoms with van der Waals surface area (Å²) in [5.74, 6) is -0.0852. The lowest BCUT2D eigenvalue weighted by Gasteiger charge is -2.37. The fourth-order valence-electron chi connectivity index (χ4n) is 4.46. The summed E-state index contributed by atoms with van der Waals surface area (Å²) in [6.45, 7) is 1.38. The van der Waals surface area contributed by atoms with Crippen LogP contribution in [0.2, 0.25) is 0 Å². The summed E-state index contributed by atoms with van der Waals surface area (Å²) in [6.07, 6.45) is 1.38. The third-order valence-electron chi connectivity index (χ3n) is 6.34. The van der Waals surface area contributed by atoms with E-state index in [9.17, 15) is 14.0 Å². The zero-order chi connectivity index (χ0) is 23.9. The highest BCUT2D eigenvalue weighted by molar-refractivity contribution is 5.94. The number of piperidine rings is 1. The normalized spacial score (nSPS) is 17.8. The Hall–Kier alpha value is -3.67. The molecule has 3 aromatic carbocycles. The molecule has 6 heteroatoms. The molecule has 0 unspecified atom stereocenters. The minimum Gasteiger partial charge on any atom is -0.497 e. The maximum absolute atomic E-state index is 13.3. The van der Waals surface area contributed by atoms with Crippen molar-refractivity contribution in [2.24, 2.45) is 5.92 Å². The summed E-state index contributed by atoms with van der Waals surface area (Å²) in [5, 5.41) is 3.05. The van der Waals surface area contributed by atoms with E-state index in [2.05, 4.69) is 5.32 Å². The second kappa shape index (κ2) is 11.0. The summed E-state index contributed by atoms with van der Waals surface area (Å²) in [5.41, 5.74) is 2.64. The molecule has 1 N–H and O–H groups in total. The predicted octanol–water partition coefficient (Wildman–Crippen LogP) is 4.44. The Morgan fingerprint density at radius 1 is 0.971 bits per heavy atom. The number of methoxy groups -OCH3 is 1. The summed E-state index contributed by atoms with van der Waals surface area (Å²) in [4.78, 5) is 28.0. The third-order valence-corrected chi connectivity index (χ3v) is 6.34. The number of hydrogen-bond acceptors (Lipinski definition) is 3. The number of carbonyl (C=O) groups is 2. The molecule has 0 radical (unpaired) electrons. The average molecular weight is 461 g/mol. The zero-order valence-electron chi connectivity index (χ0n) is 19.2. The number of ether oxygens (including phenoxy) is 1. The standard InChI is InChI=1S/C28H29FN2O3/c1-34-26-13-7-20(8-14-26)15-16-30-27(32)24-17-23(21-5-3-2-4-6-21)18-31(19-24)28(33)22-9-11-25(29)12-10-22/h2-14,23-24H,15-19H2,1H3,(H,30,32)/t23-,24+/m1/s1. The Bertz CT molecular complexity index is 1100. The molecule has 4 rings (SSSR count). The van der Waals surface area contributed by atoms with E-state index < -0.39 is 0 Å². The summed E-state index contributed by atoms with van der Waals surface area (Å²) in [6, 6.07) is 23.3. The van der Waals surface area contributed by atoms with E-state index in [1.807, 2.05) is 54.6 Å². The number of amides is 2. The minimum atomic E-state index is -0.383. The molecular weight excluding hydrogens is 431 g/mol. The molecule has 1 aliphatic heterocycles. The van der Waals surface area contributed by atoms with Gasteiger partial charge in [-0.3, -0.25) is 9.59 Å². The Morgan fingerprint density at radius 2 is 1.68 bits per heavy atom. The van der Waals surface area contributed by atoms with E-state index in [1.165, 1.54) is 24.3 Å². The van der Waals surface area contributed by atoms with Crippen molar-refractivity contribution in [3.05, 3.63) is 101 Å². The van der Waals surface area contributed by atoms with Crippen LogP contribution in [0.5, 0.6) is 5.75 Å². The summed E-state index contributed by atoms with van der Waals surface area (Å²) >= 11 is 0. The lowest BCUT2D eigenvalue weighted by molar-refractivity contribution is -0.126. The van der Waals surface area contributed by atoms with Crippen molar-refractivity contribution in [3.63, 3.8) is 0 Å². The zero-order valence-corrected chi connectivity index (χ0v) is 19.2. The number of likely N-dealkylation sites (tertiary alicyclic amines) is 1. The first-order valence-electron chi connectivity index (χ1n) is 11.5. The lowest BCUT2D eigenvalue weighted by atomic mass is 9.83. The van der Waals surface area contributed by atoms with E-state index in [0.717, 1.165) is 16.9 Å². The van der Waals surface area contributed by atoms with Gasteiger partial charge in [0.25, 0.3) is 5.91 Å². The molecular formula is C28H29FN2O3. The van der Waals surface area contributed by atoms with Gasteiger partial charge in [0.1, 0.15) is 11.6 Å². The molecule has 176 valence electrons. The van der Waals surface area contributed by atoms with Crippen molar-refractivity contribution >= 4 is 11.8 Å². The molecule has 2 atom stereocenters. The molecule has 0 aliphatic carbocycles. The van der Waals surface area contributed by atoms with Crippen molar-refractivity contribution < 1.29 is 18.7 Å². The van der Waals surface area contributed by atoms with Gasteiger partial charge in [0.2, 0.25) is 5.91 Å². The van der Waals surface area contributed by atoms with E-state index in [-0.39, 0.29) is 29.5 Å². The van der Waals surface area contributed by atoms with Crippen LogP contribution in [-0.4, -0.2) is 43.5 Å². The fourth-order valence-corrected chi connectivity index (χ4v) is 4.46. The van der Waals surface area contributed by atoms with Gasteiger partial charge in [-0.1, -0.05) is 42.5 Å². The van der Waals surface area contributed by atoms with Gasteiger partial charge < -0.3 is 15.0 Å². The van der Waals surface area contributed by atoms with Gasteiger partial charge in [-0.25, -0.2) is 4.39 Å². The van der Waals surface area contributed by atoms with E-state index >= 15 is 0 Å². The van der Waals surface area contributed by atoms with Crippen molar-refractivity contribution in [1.29, 1.82) is 0 Å². The van der Waals surface area contributed by atoms with Crippen LogP contribution in [0, 0.1) is 11.7 Å². The molecule has 1 heterocycles. The number of benzene rings is 3. The van der Waals surface area contributed by atoms with Crippen LogP contribution in [-0.2, 0) is 11.2 Å². The predicted molar refractivity (Wildman–Crippen MR) is 129 cm³/mol. The highest BCUT2D eigenvalue weighted by atomic mass is 19.1. The first kappa shape index (κ1) is 23.5. The van der Waals surface area contributed by atoms with Gasteiger partial charge in [0.05, 0.1) is 13.0 Å². The number of nitrogens with zero attached hydrogens (tertiary/aromatic N) is 1. The quantitative estimate of drug-likeness (QED) is 0.567. The van der Waals surface area contributed by atoms with Crippen LogP contribution in [0.3, 0.4) is 0 Å². The van der Waals surface area contributed by atoms with Crippen LogP contribution < -0.4 is 10.1 Å². The largest absolute Gasteiger partial charge is 0.497 e. The molecule has 0 saturated carbocycles. The molecule has 5 nitrogen and oxygen atoms in total. The van der Waals surface area contributed by atoms with Crippen LogP contribution in [0.4, 0.5) is 4.39 Å². The Balaban J connectivity index is 1.44. The molecule has 3 aromatic rings. The maximum Gasteiger partial charge on any atom is 0.253 e. The maximum atomic E-state index is 13.3. The molecule has 0 aromatic heterocycles. The second-order valence-corrected chi connectivity index (χ2v) is 8.65. The monoisotopic (exact) mass is 460 g/mol. The molecule has 1 fully saturated rings. The molecule has 34 heavy (non-hydrogen) atoms. The van der Waals surface area contributed by atoms with Gasteiger partial charge in [0.15, 0.2) is 0 Å². The van der Waals surface area contributed by atoms with E-state index in [0.29, 0.717) is 38.0 Å². The van der Waals surface area contributed by atoms with Gasteiger partial charge in [-0.15, -0.1) is 0 Å². The van der Waals surface area contributed by atoms with E-state index in [4.69, 9.17) is 4.74 Å². The smallest absolute Gasteiger partial charge is 0.253 e. The van der Waals surface area contributed by atoms with Gasteiger partial charge in [0, 0.05) is 31.1 Å². The van der Waals surface area contributed by atoms with Crippen molar-refractivity contribution in [2.45, 2.75) is 18.8 Å². The molecule has 0 bridgehead atoms. The van der Waals surface area contributed by atoms with Gasteiger partial charge >= 0.3 is 0 Å². The SMILES string of the molecule is COc1ccc(CCNC(=O)[C@H]2C[C@@H](c3ccccc3)CN(C(=O)c3ccc(F)cc3)C2)cc1. The fraction of sp³-hybridized carbons (Fsp3) is 0.286. The topological polar surface area (TPSA) is 58.6 Å². The molecule has 0 spiro atoms. The minimum absolute atomic E-state index is 0.0500. The number of rotatable bonds is 7. The molecule has 1 saturated heterocycles. The second-order valence-electron chi connectivity index (χ2n) is 8.65. The molecule has 1 aliphatic rings. The number of hydrogen-bond donors (Lipinski definition) is 1. The highest BCUT2D eigenvalue weighted by Gasteiger charge is 2.34. The number of halogens is 1. The van der Waals surface area contributed by atoms with Gasteiger partial charge in [-0.05, 0) is 60.4 Å². The van der Waals surface area contributed by atoms with Crippen molar-refractivity contribution in [2.75, 3.05) is 26.7 Å². The first-order chi connectivity index (χ1) is 16.5. The van der Waals surface area contributed by atoms with Crippen molar-refractivity contribution in [3.8, 4) is 5.75 Å². The lowest BCUT2D eigenvalue weighted by Crippen LogP contribution is -2.48.